The maximum absolute atomic E-state index is 13.1. The Bertz CT molecular complexity index is 1090. The number of carbonyl (C=O) groups excluding carboxylic acids is 1. The number of hydrogen-bond donors (Lipinski definition) is 0. The summed E-state index contributed by atoms with van der Waals surface area (Å²) >= 11 is 0. The van der Waals surface area contributed by atoms with Gasteiger partial charge in [-0.2, -0.15) is 5.10 Å². The van der Waals surface area contributed by atoms with E-state index in [-0.39, 0.29) is 18.4 Å². The summed E-state index contributed by atoms with van der Waals surface area (Å²) in [5.41, 5.74) is 2.90. The molecule has 2 aromatic heterocycles. The molecule has 1 saturated heterocycles. The highest BCUT2D eigenvalue weighted by Gasteiger charge is 2.24. The molecule has 3 heterocycles. The minimum Gasteiger partial charge on any atom is -0.497 e. The van der Waals surface area contributed by atoms with Crippen LogP contribution in [0.15, 0.2) is 42.7 Å². The van der Waals surface area contributed by atoms with E-state index in [0.29, 0.717) is 32.1 Å². The summed E-state index contributed by atoms with van der Waals surface area (Å²) in [5.74, 6) is 2.47. The maximum Gasteiger partial charge on any atom is 0.244 e. The van der Waals surface area contributed by atoms with E-state index in [2.05, 4.69) is 34.8 Å². The highest BCUT2D eigenvalue weighted by Crippen LogP contribution is 2.26. The zero-order chi connectivity index (χ0) is 23.4. The van der Waals surface area contributed by atoms with E-state index < -0.39 is 0 Å². The molecule has 0 spiro atoms. The van der Waals surface area contributed by atoms with Crippen molar-refractivity contribution in [3.8, 4) is 22.9 Å². The van der Waals surface area contributed by atoms with E-state index in [4.69, 9.17) is 14.6 Å². The number of amides is 1. The van der Waals surface area contributed by atoms with Crippen LogP contribution in [0.5, 0.6) is 11.6 Å². The van der Waals surface area contributed by atoms with Crippen LogP contribution in [-0.4, -0.2) is 71.0 Å². The molecule has 1 amide bonds. The van der Waals surface area contributed by atoms with Crippen molar-refractivity contribution in [3.63, 3.8) is 0 Å². The van der Waals surface area contributed by atoms with Gasteiger partial charge in [0.15, 0.2) is 0 Å². The number of ether oxygens (including phenoxy) is 2. The lowest BCUT2D eigenvalue weighted by Gasteiger charge is -2.35. The van der Waals surface area contributed by atoms with Gasteiger partial charge in [-0.25, -0.2) is 9.97 Å². The third-order valence-corrected chi connectivity index (χ3v) is 5.87. The predicted molar refractivity (Wildman–Crippen MR) is 126 cm³/mol. The lowest BCUT2D eigenvalue weighted by atomic mass is 10.1. The lowest BCUT2D eigenvalue weighted by molar-refractivity contribution is -0.132. The first kappa shape index (κ1) is 22.6. The average molecular weight is 451 g/mol. The summed E-state index contributed by atoms with van der Waals surface area (Å²) in [6.45, 7) is 7.14. The van der Waals surface area contributed by atoms with Crippen molar-refractivity contribution >= 4 is 11.7 Å². The van der Waals surface area contributed by atoms with E-state index in [9.17, 15) is 4.79 Å². The maximum atomic E-state index is 13.1. The van der Waals surface area contributed by atoms with Crippen molar-refractivity contribution in [2.75, 3.05) is 45.3 Å². The van der Waals surface area contributed by atoms with Gasteiger partial charge in [0, 0.05) is 43.5 Å². The van der Waals surface area contributed by atoms with E-state index in [1.807, 2.05) is 39.9 Å². The Kier molecular flexibility index (Phi) is 6.76. The van der Waals surface area contributed by atoms with Crippen molar-refractivity contribution in [2.45, 2.75) is 26.3 Å². The number of hydrogen-bond acceptors (Lipinski definition) is 7. The summed E-state index contributed by atoms with van der Waals surface area (Å²) in [6.07, 6.45) is 1.50. The molecule has 1 aliphatic rings. The van der Waals surface area contributed by atoms with Gasteiger partial charge in [-0.3, -0.25) is 9.48 Å². The van der Waals surface area contributed by atoms with Gasteiger partial charge in [-0.1, -0.05) is 13.8 Å². The van der Waals surface area contributed by atoms with Crippen LogP contribution in [0, 0.1) is 0 Å². The predicted octanol–water partition coefficient (Wildman–Crippen LogP) is 2.83. The fraction of sp³-hybridized carbons (Fsp3) is 0.417. The van der Waals surface area contributed by atoms with Crippen molar-refractivity contribution in [2.24, 2.45) is 0 Å². The topological polar surface area (TPSA) is 85.6 Å². The molecule has 9 heteroatoms. The van der Waals surface area contributed by atoms with Crippen LogP contribution < -0.4 is 14.4 Å². The number of nitrogens with zero attached hydrogens (tertiary/aromatic N) is 6. The Hall–Kier alpha value is -3.62. The molecule has 1 aromatic carbocycles. The van der Waals surface area contributed by atoms with Gasteiger partial charge in [0.05, 0.1) is 19.9 Å². The Morgan fingerprint density at radius 1 is 1.00 bits per heavy atom. The van der Waals surface area contributed by atoms with Crippen molar-refractivity contribution < 1.29 is 14.3 Å². The van der Waals surface area contributed by atoms with Crippen LogP contribution in [0.4, 0.5) is 5.82 Å². The van der Waals surface area contributed by atoms with Gasteiger partial charge in [0.1, 0.15) is 24.4 Å². The van der Waals surface area contributed by atoms with Gasteiger partial charge >= 0.3 is 0 Å². The van der Waals surface area contributed by atoms with E-state index in [1.54, 1.807) is 14.2 Å². The quantitative estimate of drug-likeness (QED) is 0.547. The highest BCUT2D eigenvalue weighted by atomic mass is 16.5. The smallest absolute Gasteiger partial charge is 0.244 e. The van der Waals surface area contributed by atoms with Crippen LogP contribution in [0.3, 0.4) is 0 Å². The molecule has 1 fully saturated rings. The molecule has 0 atom stereocenters. The Morgan fingerprint density at radius 2 is 1.73 bits per heavy atom. The Labute approximate surface area is 194 Å². The summed E-state index contributed by atoms with van der Waals surface area (Å²) in [7, 11) is 3.24. The number of benzene rings is 1. The van der Waals surface area contributed by atoms with Crippen LogP contribution in [0.2, 0.25) is 0 Å². The molecule has 0 aliphatic carbocycles. The Balaban J connectivity index is 1.43. The third kappa shape index (κ3) is 5.08. The molecular formula is C24H30N6O3. The zero-order valence-corrected chi connectivity index (χ0v) is 19.6. The fourth-order valence-electron chi connectivity index (χ4n) is 3.95. The molecule has 0 unspecified atom stereocenters. The van der Waals surface area contributed by atoms with E-state index in [0.717, 1.165) is 28.5 Å². The van der Waals surface area contributed by atoms with Gasteiger partial charge in [0.25, 0.3) is 0 Å². The second kappa shape index (κ2) is 9.89. The number of piperazine rings is 1. The van der Waals surface area contributed by atoms with E-state index in [1.165, 1.54) is 6.33 Å². The van der Waals surface area contributed by atoms with Gasteiger partial charge in [-0.05, 0) is 36.2 Å². The molecular weight excluding hydrogens is 420 g/mol. The van der Waals surface area contributed by atoms with Crippen molar-refractivity contribution in [1.82, 2.24) is 24.6 Å². The molecule has 4 rings (SSSR count). The molecule has 9 nitrogen and oxygen atoms in total. The molecule has 33 heavy (non-hydrogen) atoms. The Morgan fingerprint density at radius 3 is 2.36 bits per heavy atom. The molecule has 3 aromatic rings. The SMILES string of the molecule is COc1ccc(-c2cc(C(C)C)n(CC(=O)N3CCN(c4cc(OC)ncn4)CC3)n2)cc1. The lowest BCUT2D eigenvalue weighted by Crippen LogP contribution is -2.50. The first-order valence-corrected chi connectivity index (χ1v) is 11.1. The van der Waals surface area contributed by atoms with Crippen molar-refractivity contribution in [1.29, 1.82) is 0 Å². The van der Waals surface area contributed by atoms with Crippen LogP contribution in [0.25, 0.3) is 11.3 Å². The first-order chi connectivity index (χ1) is 16.0. The largest absolute Gasteiger partial charge is 0.497 e. The first-order valence-electron chi connectivity index (χ1n) is 11.1. The van der Waals surface area contributed by atoms with Gasteiger partial charge in [0.2, 0.25) is 11.8 Å². The molecule has 0 N–H and O–H groups in total. The summed E-state index contributed by atoms with van der Waals surface area (Å²) in [5, 5.41) is 4.76. The summed E-state index contributed by atoms with van der Waals surface area (Å²) in [6, 6.07) is 11.7. The number of anilines is 1. The standard InChI is InChI=1S/C24H30N6O3/c1-17(2)21-13-20(18-5-7-19(32-3)8-6-18)27-30(21)15-24(31)29-11-9-28(10-12-29)22-14-23(33-4)26-16-25-22/h5-8,13-14,16-17H,9-12,15H2,1-4H3. The van der Waals surface area contributed by atoms with Crippen molar-refractivity contribution in [3.05, 3.63) is 48.4 Å². The minimum atomic E-state index is 0.0706. The fourth-order valence-corrected chi connectivity index (χ4v) is 3.95. The number of methoxy groups -OCH3 is 2. The van der Waals surface area contributed by atoms with Crippen LogP contribution in [-0.2, 0) is 11.3 Å². The monoisotopic (exact) mass is 450 g/mol. The van der Waals surface area contributed by atoms with E-state index >= 15 is 0 Å². The van der Waals surface area contributed by atoms with Crippen LogP contribution >= 0.6 is 0 Å². The van der Waals surface area contributed by atoms with Gasteiger partial charge in [-0.15, -0.1) is 0 Å². The minimum absolute atomic E-state index is 0.0706. The normalized spacial score (nSPS) is 14.0. The number of rotatable bonds is 7. The third-order valence-electron chi connectivity index (χ3n) is 5.87. The number of aromatic nitrogens is 4. The molecule has 1 aliphatic heterocycles. The molecule has 0 saturated carbocycles. The summed E-state index contributed by atoms with van der Waals surface area (Å²) < 4.78 is 12.3. The second-order valence-corrected chi connectivity index (χ2v) is 8.28. The summed E-state index contributed by atoms with van der Waals surface area (Å²) in [4.78, 5) is 25.5. The average Bonchev–Trinajstić information content (AvgIpc) is 3.28. The molecule has 174 valence electrons. The number of carbonyl (C=O) groups is 1. The second-order valence-electron chi connectivity index (χ2n) is 8.28. The van der Waals surface area contributed by atoms with Gasteiger partial charge < -0.3 is 19.3 Å². The molecule has 0 radical (unpaired) electrons. The molecule has 0 bridgehead atoms. The van der Waals surface area contributed by atoms with Crippen LogP contribution in [0.1, 0.15) is 25.5 Å². The highest BCUT2D eigenvalue weighted by molar-refractivity contribution is 5.76. The zero-order valence-electron chi connectivity index (χ0n) is 19.6.